The lowest BCUT2D eigenvalue weighted by atomic mass is 10.2. The normalized spacial score (nSPS) is 18.6. The molecule has 2 rings (SSSR count). The van der Waals surface area contributed by atoms with Crippen molar-refractivity contribution >= 4 is 28.3 Å². The zero-order valence-corrected chi connectivity index (χ0v) is 10.9. The van der Waals surface area contributed by atoms with E-state index >= 15 is 0 Å². The minimum absolute atomic E-state index is 0.0313. The summed E-state index contributed by atoms with van der Waals surface area (Å²) in [6.07, 6.45) is 1.96. The molecule has 0 radical (unpaired) electrons. The minimum Gasteiger partial charge on any atom is -0.376 e. The SMILES string of the molecule is Cc1csc(NC(=O)C(=O)NCC2CCCO2)n1. The van der Waals surface area contributed by atoms with Gasteiger partial charge in [-0.25, -0.2) is 4.98 Å². The standard InChI is InChI=1S/C11H15N3O3S/c1-7-6-18-11(13-7)14-10(16)9(15)12-5-8-3-2-4-17-8/h6,8H,2-5H2,1H3,(H,12,15)(H,13,14,16). The molecule has 0 aromatic carbocycles. The number of hydrogen-bond donors (Lipinski definition) is 2. The van der Waals surface area contributed by atoms with E-state index in [1.54, 1.807) is 5.38 Å². The fraction of sp³-hybridized carbons (Fsp3) is 0.545. The molecule has 18 heavy (non-hydrogen) atoms. The van der Waals surface area contributed by atoms with Crippen LogP contribution in [0.25, 0.3) is 0 Å². The fourth-order valence-electron chi connectivity index (χ4n) is 1.66. The third kappa shape index (κ3) is 3.51. The Morgan fingerprint density at radius 1 is 1.56 bits per heavy atom. The molecular weight excluding hydrogens is 254 g/mol. The van der Waals surface area contributed by atoms with Crippen LogP contribution >= 0.6 is 11.3 Å². The maximum atomic E-state index is 11.5. The molecule has 98 valence electrons. The summed E-state index contributed by atoms with van der Waals surface area (Å²) in [5.74, 6) is -1.35. The number of carbonyl (C=O) groups is 2. The summed E-state index contributed by atoms with van der Waals surface area (Å²) in [4.78, 5) is 27.1. The van der Waals surface area contributed by atoms with Gasteiger partial charge in [-0.3, -0.25) is 14.9 Å². The molecule has 7 heteroatoms. The zero-order chi connectivity index (χ0) is 13.0. The predicted octanol–water partition coefficient (Wildman–Crippen LogP) is 0.685. The molecule has 2 heterocycles. The number of nitrogens with zero attached hydrogens (tertiary/aromatic N) is 1. The van der Waals surface area contributed by atoms with Crippen LogP contribution in [0.1, 0.15) is 18.5 Å². The lowest BCUT2D eigenvalue weighted by Gasteiger charge is -2.09. The molecule has 1 aromatic rings. The molecule has 1 saturated heterocycles. The second-order valence-electron chi connectivity index (χ2n) is 4.09. The van der Waals surface area contributed by atoms with Crippen LogP contribution in [0.3, 0.4) is 0 Å². The van der Waals surface area contributed by atoms with Crippen LogP contribution in [0.2, 0.25) is 0 Å². The Kier molecular flexibility index (Phi) is 4.27. The Labute approximate surface area is 109 Å². The van der Waals surface area contributed by atoms with Gasteiger partial charge in [0.05, 0.1) is 11.8 Å². The molecular formula is C11H15N3O3S. The lowest BCUT2D eigenvalue weighted by molar-refractivity contribution is -0.136. The van der Waals surface area contributed by atoms with Crippen LogP contribution in [0.15, 0.2) is 5.38 Å². The summed E-state index contributed by atoms with van der Waals surface area (Å²) in [6.45, 7) is 2.93. The van der Waals surface area contributed by atoms with E-state index < -0.39 is 11.8 Å². The number of rotatable bonds is 3. The molecule has 1 aromatic heterocycles. The summed E-state index contributed by atoms with van der Waals surface area (Å²) in [7, 11) is 0. The van der Waals surface area contributed by atoms with Crippen LogP contribution in [-0.2, 0) is 14.3 Å². The average molecular weight is 269 g/mol. The second-order valence-corrected chi connectivity index (χ2v) is 4.95. The zero-order valence-electron chi connectivity index (χ0n) is 10.1. The Morgan fingerprint density at radius 3 is 3.00 bits per heavy atom. The minimum atomic E-state index is -0.692. The van der Waals surface area contributed by atoms with Gasteiger partial charge in [0, 0.05) is 18.5 Å². The number of carbonyl (C=O) groups excluding carboxylic acids is 2. The van der Waals surface area contributed by atoms with E-state index in [9.17, 15) is 9.59 Å². The number of amides is 2. The van der Waals surface area contributed by atoms with E-state index in [-0.39, 0.29) is 6.10 Å². The van der Waals surface area contributed by atoms with Crippen molar-refractivity contribution in [2.45, 2.75) is 25.9 Å². The second kappa shape index (κ2) is 5.92. The van der Waals surface area contributed by atoms with Gasteiger partial charge in [0.2, 0.25) is 0 Å². The summed E-state index contributed by atoms with van der Waals surface area (Å²) in [5, 5.41) is 7.25. The van der Waals surface area contributed by atoms with Crippen molar-refractivity contribution < 1.29 is 14.3 Å². The molecule has 2 amide bonds. The van der Waals surface area contributed by atoms with E-state index in [1.807, 2.05) is 6.92 Å². The van der Waals surface area contributed by atoms with Crippen molar-refractivity contribution in [1.29, 1.82) is 0 Å². The highest BCUT2D eigenvalue weighted by Gasteiger charge is 2.19. The quantitative estimate of drug-likeness (QED) is 0.791. The largest absolute Gasteiger partial charge is 0.376 e. The Hall–Kier alpha value is -1.47. The van der Waals surface area contributed by atoms with Gasteiger partial charge >= 0.3 is 11.8 Å². The van der Waals surface area contributed by atoms with Gasteiger partial charge in [0.15, 0.2) is 5.13 Å². The van der Waals surface area contributed by atoms with E-state index in [0.29, 0.717) is 11.7 Å². The number of ether oxygens (including phenoxy) is 1. The molecule has 2 N–H and O–H groups in total. The van der Waals surface area contributed by atoms with Crippen LogP contribution < -0.4 is 10.6 Å². The topological polar surface area (TPSA) is 80.3 Å². The van der Waals surface area contributed by atoms with Crippen molar-refractivity contribution in [3.63, 3.8) is 0 Å². The van der Waals surface area contributed by atoms with E-state index in [0.717, 1.165) is 25.1 Å². The van der Waals surface area contributed by atoms with Crippen LogP contribution in [-0.4, -0.2) is 36.1 Å². The molecule has 1 atom stereocenters. The molecule has 6 nitrogen and oxygen atoms in total. The first-order chi connectivity index (χ1) is 8.65. The molecule has 1 aliphatic heterocycles. The molecule has 0 aliphatic carbocycles. The maximum Gasteiger partial charge on any atom is 0.315 e. The highest BCUT2D eigenvalue weighted by atomic mass is 32.1. The Balaban J connectivity index is 1.76. The van der Waals surface area contributed by atoms with Gasteiger partial charge in [-0.2, -0.15) is 0 Å². The molecule has 0 spiro atoms. The predicted molar refractivity (Wildman–Crippen MR) is 67.5 cm³/mol. The Bertz CT molecular complexity index is 440. The number of aromatic nitrogens is 1. The summed E-state index contributed by atoms with van der Waals surface area (Å²) in [5.41, 5.74) is 0.815. The highest BCUT2D eigenvalue weighted by Crippen LogP contribution is 2.14. The average Bonchev–Trinajstić information content (AvgIpc) is 2.97. The molecule has 0 saturated carbocycles. The number of aryl methyl sites for hydroxylation is 1. The summed E-state index contributed by atoms with van der Waals surface area (Å²) in [6, 6.07) is 0. The molecule has 1 fully saturated rings. The summed E-state index contributed by atoms with van der Waals surface area (Å²) >= 11 is 1.29. The van der Waals surface area contributed by atoms with Crippen LogP contribution in [0.4, 0.5) is 5.13 Å². The number of nitrogens with one attached hydrogen (secondary N) is 2. The first-order valence-corrected chi connectivity index (χ1v) is 6.66. The lowest BCUT2D eigenvalue weighted by Crippen LogP contribution is -2.39. The van der Waals surface area contributed by atoms with Crippen molar-refractivity contribution in [2.24, 2.45) is 0 Å². The fourth-order valence-corrected chi connectivity index (χ4v) is 2.34. The van der Waals surface area contributed by atoms with Crippen molar-refractivity contribution in [2.75, 3.05) is 18.5 Å². The first-order valence-electron chi connectivity index (χ1n) is 5.78. The third-order valence-corrected chi connectivity index (χ3v) is 3.44. The smallest absolute Gasteiger partial charge is 0.315 e. The van der Waals surface area contributed by atoms with Gasteiger partial charge < -0.3 is 10.1 Å². The number of thiazole rings is 1. The highest BCUT2D eigenvalue weighted by molar-refractivity contribution is 7.14. The van der Waals surface area contributed by atoms with Gasteiger partial charge in [-0.15, -0.1) is 11.3 Å². The molecule has 0 bridgehead atoms. The van der Waals surface area contributed by atoms with Crippen molar-refractivity contribution in [3.05, 3.63) is 11.1 Å². The Morgan fingerprint density at radius 2 is 2.39 bits per heavy atom. The molecule has 1 aliphatic rings. The van der Waals surface area contributed by atoms with Gasteiger partial charge in [-0.1, -0.05) is 0 Å². The molecule has 1 unspecified atom stereocenters. The number of hydrogen-bond acceptors (Lipinski definition) is 5. The first kappa shape index (κ1) is 13.0. The van der Waals surface area contributed by atoms with E-state index in [2.05, 4.69) is 15.6 Å². The third-order valence-electron chi connectivity index (χ3n) is 2.56. The van der Waals surface area contributed by atoms with Crippen molar-refractivity contribution in [3.8, 4) is 0 Å². The van der Waals surface area contributed by atoms with Gasteiger partial charge in [-0.05, 0) is 19.8 Å². The van der Waals surface area contributed by atoms with Crippen molar-refractivity contribution in [1.82, 2.24) is 10.3 Å². The van der Waals surface area contributed by atoms with E-state index in [4.69, 9.17) is 4.74 Å². The van der Waals surface area contributed by atoms with Crippen LogP contribution in [0, 0.1) is 6.92 Å². The summed E-state index contributed by atoms with van der Waals surface area (Å²) < 4.78 is 5.35. The van der Waals surface area contributed by atoms with E-state index in [1.165, 1.54) is 11.3 Å². The van der Waals surface area contributed by atoms with Gasteiger partial charge in [0.25, 0.3) is 0 Å². The maximum absolute atomic E-state index is 11.5. The number of anilines is 1. The van der Waals surface area contributed by atoms with Crippen LogP contribution in [0.5, 0.6) is 0 Å². The van der Waals surface area contributed by atoms with Gasteiger partial charge in [0.1, 0.15) is 0 Å². The monoisotopic (exact) mass is 269 g/mol.